The summed E-state index contributed by atoms with van der Waals surface area (Å²) in [6, 6.07) is 13.0. The van der Waals surface area contributed by atoms with Crippen LogP contribution in [0.2, 0.25) is 5.02 Å². The van der Waals surface area contributed by atoms with Crippen molar-refractivity contribution in [2.24, 2.45) is 0 Å². The lowest BCUT2D eigenvalue weighted by molar-refractivity contribution is -0.117. The predicted octanol–water partition coefficient (Wildman–Crippen LogP) is 5.89. The number of aromatic nitrogens is 1. The van der Waals surface area contributed by atoms with Crippen molar-refractivity contribution in [1.29, 1.82) is 0 Å². The molecular formula is C27H21ClN2O5. The molecule has 176 valence electrons. The van der Waals surface area contributed by atoms with Crippen molar-refractivity contribution in [2.75, 3.05) is 12.0 Å². The number of ether oxygens (including phenoxy) is 1. The van der Waals surface area contributed by atoms with Crippen molar-refractivity contribution in [3.8, 4) is 5.75 Å². The van der Waals surface area contributed by atoms with E-state index in [2.05, 4.69) is 4.98 Å². The minimum atomic E-state index is -0.899. The highest BCUT2D eigenvalue weighted by Gasteiger charge is 2.45. The maximum Gasteiger partial charge on any atom is 0.294 e. The Labute approximate surface area is 206 Å². The van der Waals surface area contributed by atoms with E-state index in [9.17, 15) is 14.7 Å². The Hall–Kier alpha value is -4.10. The van der Waals surface area contributed by atoms with Gasteiger partial charge in [0.05, 0.1) is 18.7 Å². The van der Waals surface area contributed by atoms with E-state index >= 15 is 0 Å². The first-order valence-electron chi connectivity index (χ1n) is 10.8. The molecule has 4 aromatic rings. The van der Waals surface area contributed by atoms with Gasteiger partial charge in [-0.3, -0.25) is 19.5 Å². The Balaban J connectivity index is 1.67. The number of furan rings is 1. The molecule has 1 atom stereocenters. The van der Waals surface area contributed by atoms with Crippen LogP contribution in [0.15, 0.2) is 76.7 Å². The molecule has 3 heterocycles. The lowest BCUT2D eigenvalue weighted by Crippen LogP contribution is -2.31. The molecule has 5 rings (SSSR count). The topological polar surface area (TPSA) is 92.9 Å². The molecule has 1 amide bonds. The second-order valence-electron chi connectivity index (χ2n) is 8.44. The third kappa shape index (κ3) is 3.84. The molecule has 0 aliphatic carbocycles. The zero-order chi connectivity index (χ0) is 24.9. The van der Waals surface area contributed by atoms with Crippen molar-refractivity contribution in [3.63, 3.8) is 0 Å². The molecule has 1 unspecified atom stereocenters. The Morgan fingerprint density at radius 3 is 2.54 bits per heavy atom. The number of hydrogen-bond acceptors (Lipinski definition) is 6. The van der Waals surface area contributed by atoms with E-state index in [4.69, 9.17) is 20.8 Å². The van der Waals surface area contributed by atoms with Crippen molar-refractivity contribution in [1.82, 2.24) is 4.98 Å². The first-order valence-corrected chi connectivity index (χ1v) is 11.2. The van der Waals surface area contributed by atoms with E-state index in [0.717, 1.165) is 11.1 Å². The third-order valence-electron chi connectivity index (χ3n) is 5.93. The zero-order valence-corrected chi connectivity index (χ0v) is 20.0. The second-order valence-corrected chi connectivity index (χ2v) is 8.87. The van der Waals surface area contributed by atoms with E-state index in [1.807, 2.05) is 32.0 Å². The van der Waals surface area contributed by atoms with Gasteiger partial charge in [0.25, 0.3) is 5.91 Å². The van der Waals surface area contributed by atoms with E-state index in [1.54, 1.807) is 36.7 Å². The number of methoxy groups -OCH3 is 1. The van der Waals surface area contributed by atoms with Gasteiger partial charge in [-0.25, -0.2) is 0 Å². The largest absolute Gasteiger partial charge is 0.503 e. The fourth-order valence-corrected chi connectivity index (χ4v) is 4.75. The van der Waals surface area contributed by atoms with Crippen LogP contribution >= 0.6 is 11.6 Å². The number of fused-ring (bicyclic) bond motifs is 1. The van der Waals surface area contributed by atoms with Gasteiger partial charge in [0.2, 0.25) is 5.78 Å². The van der Waals surface area contributed by atoms with Gasteiger partial charge in [-0.1, -0.05) is 23.7 Å². The predicted molar refractivity (Wildman–Crippen MR) is 132 cm³/mol. The number of carbonyl (C=O) groups excluding carboxylic acids is 2. The number of aliphatic hydroxyl groups excluding tert-OH is 1. The van der Waals surface area contributed by atoms with Crippen LogP contribution in [0.3, 0.4) is 0 Å². The SMILES string of the molecule is COc1cc(Cl)cc2cc(C(=O)C3=C(O)C(=O)N(c4cc(C)cc(C)c4)C3c3cccnc3)oc12. The van der Waals surface area contributed by atoms with Crippen molar-refractivity contribution in [2.45, 2.75) is 19.9 Å². The van der Waals surface area contributed by atoms with Crippen molar-refractivity contribution >= 4 is 39.9 Å². The smallest absolute Gasteiger partial charge is 0.294 e. The molecule has 8 heteroatoms. The molecule has 1 aliphatic rings. The maximum atomic E-state index is 13.8. The molecule has 0 fully saturated rings. The summed E-state index contributed by atoms with van der Waals surface area (Å²) in [4.78, 5) is 32.7. The molecule has 0 saturated carbocycles. The average molecular weight is 489 g/mol. The van der Waals surface area contributed by atoms with Crippen LogP contribution in [-0.2, 0) is 4.79 Å². The first-order chi connectivity index (χ1) is 16.8. The third-order valence-corrected chi connectivity index (χ3v) is 6.15. The number of aryl methyl sites for hydroxylation is 2. The molecule has 2 aromatic heterocycles. The highest BCUT2D eigenvalue weighted by atomic mass is 35.5. The zero-order valence-electron chi connectivity index (χ0n) is 19.2. The van der Waals surface area contributed by atoms with Crippen LogP contribution in [0.4, 0.5) is 5.69 Å². The molecule has 35 heavy (non-hydrogen) atoms. The number of carbonyl (C=O) groups is 2. The molecule has 0 saturated heterocycles. The molecular weight excluding hydrogens is 468 g/mol. The molecule has 0 bridgehead atoms. The quantitative estimate of drug-likeness (QED) is 0.352. The average Bonchev–Trinajstić information content (AvgIpc) is 3.37. The summed E-state index contributed by atoms with van der Waals surface area (Å²) in [6.07, 6.45) is 3.17. The van der Waals surface area contributed by atoms with Crippen LogP contribution in [-0.4, -0.2) is 28.9 Å². The summed E-state index contributed by atoms with van der Waals surface area (Å²) < 4.78 is 11.2. The number of pyridine rings is 1. The number of nitrogens with zero attached hydrogens (tertiary/aromatic N) is 2. The Morgan fingerprint density at radius 1 is 1.14 bits per heavy atom. The number of anilines is 1. The van der Waals surface area contributed by atoms with Crippen molar-refractivity contribution in [3.05, 3.63) is 99.7 Å². The summed E-state index contributed by atoms with van der Waals surface area (Å²) in [7, 11) is 1.47. The molecule has 7 nitrogen and oxygen atoms in total. The van der Waals surface area contributed by atoms with Gasteiger partial charge in [0, 0.05) is 34.6 Å². The van der Waals surface area contributed by atoms with Gasteiger partial charge in [0.15, 0.2) is 22.9 Å². The van der Waals surface area contributed by atoms with Crippen LogP contribution in [0.1, 0.15) is 33.3 Å². The van der Waals surface area contributed by atoms with Gasteiger partial charge >= 0.3 is 0 Å². The number of Topliss-reactive ketones (excluding diaryl/α,β-unsaturated/α-hetero) is 1. The number of benzene rings is 2. The van der Waals surface area contributed by atoms with Crippen LogP contribution < -0.4 is 9.64 Å². The fourth-order valence-electron chi connectivity index (χ4n) is 4.53. The molecule has 0 spiro atoms. The van der Waals surface area contributed by atoms with Gasteiger partial charge in [-0.15, -0.1) is 0 Å². The molecule has 1 aliphatic heterocycles. The molecule has 2 aromatic carbocycles. The maximum absolute atomic E-state index is 13.8. The number of halogens is 1. The second kappa shape index (κ2) is 8.60. The highest BCUT2D eigenvalue weighted by Crippen LogP contribution is 2.43. The number of amides is 1. The van der Waals surface area contributed by atoms with Crippen molar-refractivity contribution < 1.29 is 23.8 Å². The summed E-state index contributed by atoms with van der Waals surface area (Å²) in [5.41, 5.74) is 3.27. The van der Waals surface area contributed by atoms with E-state index in [-0.39, 0.29) is 11.3 Å². The van der Waals surface area contributed by atoms with E-state index in [0.29, 0.717) is 33.0 Å². The van der Waals surface area contributed by atoms with E-state index in [1.165, 1.54) is 18.1 Å². The van der Waals surface area contributed by atoms with Crippen LogP contribution in [0.5, 0.6) is 5.75 Å². The summed E-state index contributed by atoms with van der Waals surface area (Å²) in [6.45, 7) is 3.84. The normalized spacial score (nSPS) is 15.8. The summed E-state index contributed by atoms with van der Waals surface area (Å²) >= 11 is 6.16. The number of aliphatic hydroxyl groups is 1. The molecule has 0 radical (unpaired) electrons. The fraction of sp³-hybridized carbons (Fsp3) is 0.148. The Bertz CT molecular complexity index is 1500. The van der Waals surface area contributed by atoms with Gasteiger partial charge in [0.1, 0.15) is 0 Å². The van der Waals surface area contributed by atoms with Gasteiger partial charge < -0.3 is 14.3 Å². The monoisotopic (exact) mass is 488 g/mol. The first kappa shape index (κ1) is 22.7. The Morgan fingerprint density at radius 2 is 1.89 bits per heavy atom. The number of hydrogen-bond donors (Lipinski definition) is 1. The van der Waals surface area contributed by atoms with Crippen LogP contribution in [0.25, 0.3) is 11.0 Å². The standard InChI is InChI=1S/C27H21ClN2O5/c1-14-7-15(2)9-19(8-14)30-23(16-5-4-6-29-13-16)22(25(32)27(30)33)24(31)20-11-17-10-18(28)12-21(34-3)26(17)35-20/h4-13,23,32H,1-3H3. The number of ketones is 1. The highest BCUT2D eigenvalue weighted by molar-refractivity contribution is 6.31. The summed E-state index contributed by atoms with van der Waals surface area (Å²) in [5.74, 6) is -1.61. The lowest BCUT2D eigenvalue weighted by Gasteiger charge is -2.27. The minimum Gasteiger partial charge on any atom is -0.503 e. The summed E-state index contributed by atoms with van der Waals surface area (Å²) in [5, 5.41) is 12.0. The van der Waals surface area contributed by atoms with Gasteiger partial charge in [-0.2, -0.15) is 0 Å². The lowest BCUT2D eigenvalue weighted by atomic mass is 9.95. The number of rotatable bonds is 5. The molecule has 1 N–H and O–H groups in total. The van der Waals surface area contributed by atoms with Gasteiger partial charge in [-0.05, 0) is 60.9 Å². The Kier molecular flexibility index (Phi) is 5.57. The van der Waals surface area contributed by atoms with Crippen LogP contribution in [0, 0.1) is 13.8 Å². The van der Waals surface area contributed by atoms with E-state index < -0.39 is 23.5 Å². The minimum absolute atomic E-state index is 0.0499.